The van der Waals surface area contributed by atoms with Crippen LogP contribution in [-0.4, -0.2) is 36.0 Å². The van der Waals surface area contributed by atoms with Crippen molar-refractivity contribution in [1.29, 1.82) is 0 Å². The summed E-state index contributed by atoms with van der Waals surface area (Å²) < 4.78 is 5.15. The zero-order valence-corrected chi connectivity index (χ0v) is 14.6. The third-order valence-corrected chi connectivity index (χ3v) is 4.06. The first-order valence-corrected chi connectivity index (χ1v) is 8.25. The van der Waals surface area contributed by atoms with Gasteiger partial charge in [-0.05, 0) is 36.3 Å². The van der Waals surface area contributed by atoms with Crippen LogP contribution in [0.2, 0.25) is 0 Å². The van der Waals surface area contributed by atoms with Crippen LogP contribution in [0.4, 0.5) is 0 Å². The lowest BCUT2D eigenvalue weighted by Gasteiger charge is -2.20. The molecule has 0 atom stereocenters. The maximum absolute atomic E-state index is 12.4. The average Bonchev–Trinajstić information content (AvgIpc) is 2.64. The molecule has 0 fully saturated rings. The second kappa shape index (κ2) is 9.03. The summed E-state index contributed by atoms with van der Waals surface area (Å²) in [5.74, 6) is 0.156. The first-order chi connectivity index (χ1) is 11.7. The molecule has 0 bridgehead atoms. The lowest BCUT2D eigenvalue weighted by atomic mass is 10.1. The van der Waals surface area contributed by atoms with Crippen LogP contribution in [0, 0.1) is 0 Å². The Hall–Kier alpha value is -2.40. The van der Waals surface area contributed by atoms with E-state index in [1.165, 1.54) is 12.7 Å². The van der Waals surface area contributed by atoms with Crippen LogP contribution in [0.1, 0.15) is 35.3 Å². The van der Waals surface area contributed by atoms with Gasteiger partial charge in [0.2, 0.25) is 5.88 Å². The number of carbonyl (C=O) groups is 1. The molecule has 1 aromatic heterocycles. The van der Waals surface area contributed by atoms with Gasteiger partial charge in [0.05, 0.1) is 7.11 Å². The van der Waals surface area contributed by atoms with E-state index in [2.05, 4.69) is 41.2 Å². The van der Waals surface area contributed by atoms with Gasteiger partial charge in [0.1, 0.15) is 5.56 Å². The highest BCUT2D eigenvalue weighted by atomic mass is 16.5. The molecule has 2 aromatic rings. The predicted molar refractivity (Wildman–Crippen MR) is 95.0 cm³/mol. The second-order valence-electron chi connectivity index (χ2n) is 5.47. The molecule has 1 N–H and O–H groups in total. The molecule has 1 aromatic carbocycles. The molecular formula is C19H25N3O2. The quantitative estimate of drug-likeness (QED) is 0.810. The highest BCUT2D eigenvalue weighted by Gasteiger charge is 2.13. The number of hydrogen-bond donors (Lipinski definition) is 1. The zero-order chi connectivity index (χ0) is 17.4. The van der Waals surface area contributed by atoms with E-state index in [0.717, 1.165) is 25.2 Å². The molecule has 1 heterocycles. The number of methoxy groups -OCH3 is 1. The van der Waals surface area contributed by atoms with E-state index in [0.29, 0.717) is 18.0 Å². The molecule has 1 amide bonds. The van der Waals surface area contributed by atoms with Crippen molar-refractivity contribution >= 4 is 5.91 Å². The van der Waals surface area contributed by atoms with Gasteiger partial charge < -0.3 is 10.1 Å². The molecule has 5 nitrogen and oxygen atoms in total. The molecule has 0 aliphatic carbocycles. The molecule has 0 saturated heterocycles. The van der Waals surface area contributed by atoms with Crippen molar-refractivity contribution in [2.24, 2.45) is 0 Å². The van der Waals surface area contributed by atoms with Gasteiger partial charge in [0, 0.05) is 19.3 Å². The number of rotatable bonds is 8. The Bertz CT molecular complexity index is 669. The van der Waals surface area contributed by atoms with Crippen LogP contribution in [-0.2, 0) is 13.1 Å². The minimum absolute atomic E-state index is 0.183. The fraction of sp³-hybridized carbons (Fsp3) is 0.368. The number of ether oxygens (including phenoxy) is 1. The third-order valence-electron chi connectivity index (χ3n) is 4.06. The van der Waals surface area contributed by atoms with Crippen molar-refractivity contribution in [2.45, 2.75) is 26.9 Å². The highest BCUT2D eigenvalue weighted by Crippen LogP contribution is 2.15. The van der Waals surface area contributed by atoms with Crippen LogP contribution in [0.25, 0.3) is 0 Å². The van der Waals surface area contributed by atoms with Gasteiger partial charge in [0.25, 0.3) is 5.91 Å². The van der Waals surface area contributed by atoms with Crippen LogP contribution < -0.4 is 10.1 Å². The van der Waals surface area contributed by atoms with Gasteiger partial charge in [-0.15, -0.1) is 0 Å². The van der Waals surface area contributed by atoms with Gasteiger partial charge in [-0.25, -0.2) is 4.98 Å². The molecule has 0 saturated carbocycles. The van der Waals surface area contributed by atoms with Crippen molar-refractivity contribution in [3.8, 4) is 5.88 Å². The van der Waals surface area contributed by atoms with Crippen molar-refractivity contribution in [3.05, 3.63) is 59.3 Å². The van der Waals surface area contributed by atoms with E-state index in [4.69, 9.17) is 4.74 Å². The lowest BCUT2D eigenvalue weighted by Crippen LogP contribution is -2.26. The van der Waals surface area contributed by atoms with E-state index in [1.807, 2.05) is 12.1 Å². The van der Waals surface area contributed by atoms with Crippen molar-refractivity contribution in [2.75, 3.05) is 20.2 Å². The Morgan fingerprint density at radius 1 is 1.12 bits per heavy atom. The standard InChI is InChI=1S/C19H25N3O2/c1-4-22(5-2)14-16-10-7-6-9-15(16)13-21-18(23)17-11-8-12-20-19(17)24-3/h6-12H,4-5,13-14H2,1-3H3,(H,21,23). The number of amides is 1. The predicted octanol–water partition coefficient (Wildman–Crippen LogP) is 2.86. The van der Waals surface area contributed by atoms with E-state index in [9.17, 15) is 4.79 Å². The summed E-state index contributed by atoms with van der Waals surface area (Å²) in [6.07, 6.45) is 1.61. The lowest BCUT2D eigenvalue weighted by molar-refractivity contribution is 0.0947. The summed E-state index contributed by atoms with van der Waals surface area (Å²) in [6, 6.07) is 11.6. The van der Waals surface area contributed by atoms with E-state index < -0.39 is 0 Å². The van der Waals surface area contributed by atoms with E-state index >= 15 is 0 Å². The van der Waals surface area contributed by atoms with E-state index in [-0.39, 0.29) is 5.91 Å². The number of hydrogen-bond acceptors (Lipinski definition) is 4. The van der Waals surface area contributed by atoms with Gasteiger partial charge in [-0.1, -0.05) is 38.1 Å². The Balaban J connectivity index is 2.08. The van der Waals surface area contributed by atoms with Crippen molar-refractivity contribution in [3.63, 3.8) is 0 Å². The summed E-state index contributed by atoms with van der Waals surface area (Å²) >= 11 is 0. The number of nitrogens with one attached hydrogen (secondary N) is 1. The van der Waals surface area contributed by atoms with Gasteiger partial charge in [-0.3, -0.25) is 9.69 Å². The summed E-state index contributed by atoms with van der Waals surface area (Å²) in [7, 11) is 1.51. The zero-order valence-electron chi connectivity index (χ0n) is 14.6. The Morgan fingerprint density at radius 3 is 2.50 bits per heavy atom. The Morgan fingerprint density at radius 2 is 1.83 bits per heavy atom. The fourth-order valence-electron chi connectivity index (χ4n) is 2.57. The fourth-order valence-corrected chi connectivity index (χ4v) is 2.57. The third kappa shape index (κ3) is 4.55. The Kier molecular flexibility index (Phi) is 6.75. The van der Waals surface area contributed by atoms with Crippen LogP contribution in [0.5, 0.6) is 5.88 Å². The minimum atomic E-state index is -0.183. The van der Waals surface area contributed by atoms with Gasteiger partial charge in [0.15, 0.2) is 0 Å². The number of benzene rings is 1. The van der Waals surface area contributed by atoms with Crippen LogP contribution in [0.3, 0.4) is 0 Å². The van der Waals surface area contributed by atoms with Crippen LogP contribution in [0.15, 0.2) is 42.6 Å². The number of pyridine rings is 1. The smallest absolute Gasteiger partial charge is 0.257 e. The number of aromatic nitrogens is 1. The summed E-state index contributed by atoms with van der Waals surface area (Å²) in [5, 5.41) is 2.96. The van der Waals surface area contributed by atoms with E-state index in [1.54, 1.807) is 18.3 Å². The molecule has 5 heteroatoms. The number of nitrogens with zero attached hydrogens (tertiary/aromatic N) is 2. The maximum Gasteiger partial charge on any atom is 0.257 e. The molecule has 2 rings (SSSR count). The van der Waals surface area contributed by atoms with Crippen LogP contribution >= 0.6 is 0 Å². The first kappa shape index (κ1) is 17.9. The van der Waals surface area contributed by atoms with Crippen molar-refractivity contribution < 1.29 is 9.53 Å². The summed E-state index contributed by atoms with van der Waals surface area (Å²) in [6.45, 7) is 7.68. The molecule has 0 radical (unpaired) electrons. The maximum atomic E-state index is 12.4. The SMILES string of the molecule is CCN(CC)Cc1ccccc1CNC(=O)c1cccnc1OC. The van der Waals surface area contributed by atoms with Crippen molar-refractivity contribution in [1.82, 2.24) is 15.2 Å². The Labute approximate surface area is 143 Å². The largest absolute Gasteiger partial charge is 0.480 e. The molecule has 0 aliphatic rings. The monoisotopic (exact) mass is 327 g/mol. The molecule has 24 heavy (non-hydrogen) atoms. The normalized spacial score (nSPS) is 10.7. The van der Waals surface area contributed by atoms with Gasteiger partial charge >= 0.3 is 0 Å². The molecule has 0 aliphatic heterocycles. The molecule has 0 spiro atoms. The molecule has 128 valence electrons. The number of carbonyl (C=O) groups excluding carboxylic acids is 1. The molecular weight excluding hydrogens is 302 g/mol. The van der Waals surface area contributed by atoms with Gasteiger partial charge in [-0.2, -0.15) is 0 Å². The highest BCUT2D eigenvalue weighted by molar-refractivity contribution is 5.96. The minimum Gasteiger partial charge on any atom is -0.480 e. The first-order valence-electron chi connectivity index (χ1n) is 8.25. The average molecular weight is 327 g/mol. The topological polar surface area (TPSA) is 54.5 Å². The molecule has 0 unspecified atom stereocenters. The second-order valence-corrected chi connectivity index (χ2v) is 5.47. The summed E-state index contributed by atoms with van der Waals surface area (Å²) in [5.41, 5.74) is 2.81. The summed E-state index contributed by atoms with van der Waals surface area (Å²) in [4.78, 5) is 18.8.